The van der Waals surface area contributed by atoms with Gasteiger partial charge in [0.15, 0.2) is 5.60 Å². The van der Waals surface area contributed by atoms with Gasteiger partial charge in [-0.05, 0) is 56.0 Å². The van der Waals surface area contributed by atoms with Crippen LogP contribution in [0.2, 0.25) is 0 Å². The summed E-state index contributed by atoms with van der Waals surface area (Å²) in [6.07, 6.45) is 10.3. The minimum Gasteiger partial charge on any atom is -0.487 e. The Bertz CT molecular complexity index is 1140. The van der Waals surface area contributed by atoms with Gasteiger partial charge in [0, 0.05) is 34.9 Å². The second kappa shape index (κ2) is 8.16. The van der Waals surface area contributed by atoms with Crippen molar-refractivity contribution in [3.05, 3.63) is 70.0 Å². The molecule has 186 valence electrons. The van der Waals surface area contributed by atoms with Gasteiger partial charge >= 0.3 is 0 Å². The quantitative estimate of drug-likeness (QED) is 0.478. The number of piperidine rings is 1. The van der Waals surface area contributed by atoms with Crippen molar-refractivity contribution in [2.45, 2.75) is 82.6 Å². The Morgan fingerprint density at radius 3 is 2.57 bits per heavy atom. The predicted octanol–water partition coefficient (Wildman–Crippen LogP) is 4.13. The van der Waals surface area contributed by atoms with Crippen molar-refractivity contribution in [3.63, 3.8) is 0 Å². The van der Waals surface area contributed by atoms with E-state index in [9.17, 15) is 15.0 Å². The van der Waals surface area contributed by atoms with Gasteiger partial charge in [0.2, 0.25) is 5.78 Å². The van der Waals surface area contributed by atoms with Gasteiger partial charge < -0.3 is 19.8 Å². The first-order valence-electron chi connectivity index (χ1n) is 13.4. The summed E-state index contributed by atoms with van der Waals surface area (Å²) >= 11 is 0. The summed E-state index contributed by atoms with van der Waals surface area (Å²) in [7, 11) is 2.18. The van der Waals surface area contributed by atoms with E-state index < -0.39 is 17.8 Å². The molecule has 5 nitrogen and oxygen atoms in total. The largest absolute Gasteiger partial charge is 0.487 e. The summed E-state index contributed by atoms with van der Waals surface area (Å²) in [4.78, 5) is 16.8. The van der Waals surface area contributed by atoms with Crippen molar-refractivity contribution in [1.82, 2.24) is 4.90 Å². The molecule has 0 aromatic heterocycles. The highest BCUT2D eigenvalue weighted by molar-refractivity contribution is 6.07. The zero-order valence-corrected chi connectivity index (χ0v) is 21.1. The van der Waals surface area contributed by atoms with Gasteiger partial charge in [-0.3, -0.25) is 4.79 Å². The van der Waals surface area contributed by atoms with Gasteiger partial charge in [0.25, 0.3) is 0 Å². The maximum atomic E-state index is 14.4. The number of hydrogen-bond acceptors (Lipinski definition) is 5. The smallest absolute Gasteiger partial charge is 0.203 e. The molecule has 0 radical (unpaired) electrons. The van der Waals surface area contributed by atoms with Gasteiger partial charge in [-0.25, -0.2) is 0 Å². The third kappa shape index (κ3) is 3.01. The first-order chi connectivity index (χ1) is 16.9. The molecule has 2 heterocycles. The van der Waals surface area contributed by atoms with Crippen molar-refractivity contribution in [2.75, 3.05) is 13.6 Å². The molecule has 0 amide bonds. The highest BCUT2D eigenvalue weighted by Crippen LogP contribution is 2.66. The summed E-state index contributed by atoms with van der Waals surface area (Å²) in [6, 6.07) is 6.43. The van der Waals surface area contributed by atoms with Crippen LogP contribution in [0.4, 0.5) is 0 Å². The number of benzene rings is 1. The molecule has 1 spiro atoms. The number of aliphatic hydroxyl groups excluding tert-OH is 1. The van der Waals surface area contributed by atoms with E-state index in [-0.39, 0.29) is 23.5 Å². The van der Waals surface area contributed by atoms with Crippen molar-refractivity contribution in [2.24, 2.45) is 11.3 Å². The number of nitrogens with zero attached hydrogens (tertiary/aromatic N) is 1. The lowest BCUT2D eigenvalue weighted by molar-refractivity contribution is -0.0989. The highest BCUT2D eigenvalue weighted by Gasteiger charge is 2.68. The Balaban J connectivity index is 1.51. The highest BCUT2D eigenvalue weighted by atomic mass is 16.5. The van der Waals surface area contributed by atoms with E-state index in [1.165, 1.54) is 5.57 Å². The van der Waals surface area contributed by atoms with E-state index in [0.29, 0.717) is 17.4 Å². The fourth-order valence-electron chi connectivity index (χ4n) is 7.80. The predicted molar refractivity (Wildman–Crippen MR) is 135 cm³/mol. The van der Waals surface area contributed by atoms with E-state index in [1.807, 2.05) is 24.3 Å². The van der Waals surface area contributed by atoms with Crippen LogP contribution in [0.25, 0.3) is 0 Å². The number of carbonyl (C=O) groups is 1. The zero-order valence-electron chi connectivity index (χ0n) is 21.1. The van der Waals surface area contributed by atoms with E-state index in [2.05, 4.69) is 37.9 Å². The molecule has 1 unspecified atom stereocenters. The first kappa shape index (κ1) is 23.2. The van der Waals surface area contributed by atoms with Crippen LogP contribution in [0.1, 0.15) is 67.4 Å². The Kier molecular flexibility index (Phi) is 5.41. The summed E-state index contributed by atoms with van der Waals surface area (Å²) in [6.45, 7) is 5.15. The van der Waals surface area contributed by atoms with Crippen molar-refractivity contribution < 1.29 is 19.7 Å². The third-order valence-electron chi connectivity index (χ3n) is 9.37. The third-order valence-corrected chi connectivity index (χ3v) is 9.37. The zero-order chi connectivity index (χ0) is 24.5. The van der Waals surface area contributed by atoms with E-state index in [1.54, 1.807) is 0 Å². The van der Waals surface area contributed by atoms with E-state index in [0.717, 1.165) is 61.8 Å². The maximum absolute atomic E-state index is 14.4. The second-order valence-electron chi connectivity index (χ2n) is 11.3. The summed E-state index contributed by atoms with van der Waals surface area (Å²) in [5, 5.41) is 23.3. The molecule has 2 N–H and O–H groups in total. The fraction of sp³-hybridized carbons (Fsp3) is 0.567. The number of likely N-dealkylation sites (tertiary alicyclic amines) is 1. The summed E-state index contributed by atoms with van der Waals surface area (Å²) in [5.74, 6) is 0.390. The SMILES string of the molecule is CCCc1cccc(CCC)c1C(=O)C1(O)CC=C2C[C@@H]3[C@@H]4C=C[C@H](O)[C@@H]5OC1=C2[C@]45CCN3C. The molecule has 2 aliphatic heterocycles. The molecule has 1 aromatic rings. The molecule has 2 fully saturated rings. The van der Waals surface area contributed by atoms with Crippen LogP contribution in [-0.2, 0) is 17.6 Å². The Hall–Kier alpha value is -2.21. The van der Waals surface area contributed by atoms with Gasteiger partial charge in [0.05, 0.1) is 0 Å². The van der Waals surface area contributed by atoms with Crippen LogP contribution in [0.5, 0.6) is 0 Å². The molecular weight excluding hydrogens is 438 g/mol. The molecule has 5 heteroatoms. The number of hydrogen-bond donors (Lipinski definition) is 2. The Morgan fingerprint density at radius 2 is 1.89 bits per heavy atom. The lowest BCUT2D eigenvalue weighted by Crippen LogP contribution is -2.62. The monoisotopic (exact) mass is 475 g/mol. The van der Waals surface area contributed by atoms with Gasteiger partial charge in [0.1, 0.15) is 18.0 Å². The van der Waals surface area contributed by atoms with E-state index >= 15 is 0 Å². The number of ether oxygens (including phenoxy) is 1. The summed E-state index contributed by atoms with van der Waals surface area (Å²) < 4.78 is 6.58. The summed E-state index contributed by atoms with van der Waals surface area (Å²) in [5.41, 5.74) is 2.79. The number of carbonyl (C=O) groups excluding carboxylic acids is 1. The molecule has 2 bridgehead atoms. The van der Waals surface area contributed by atoms with Gasteiger partial charge in [-0.2, -0.15) is 0 Å². The Morgan fingerprint density at radius 1 is 1.17 bits per heavy atom. The van der Waals surface area contributed by atoms with Gasteiger partial charge in [-0.1, -0.05) is 63.1 Å². The number of aryl methyl sites for hydroxylation is 2. The lowest BCUT2D eigenvalue weighted by atomic mass is 9.51. The lowest BCUT2D eigenvalue weighted by Gasteiger charge is -2.58. The first-order valence-corrected chi connectivity index (χ1v) is 13.4. The Labute approximate surface area is 208 Å². The maximum Gasteiger partial charge on any atom is 0.203 e. The number of ketones is 1. The van der Waals surface area contributed by atoms with Crippen LogP contribution in [-0.4, -0.2) is 58.3 Å². The number of Topliss-reactive ketones (excluding diaryl/α,β-unsaturated/α-hetero) is 1. The van der Waals surface area contributed by atoms with Crippen LogP contribution < -0.4 is 0 Å². The van der Waals surface area contributed by atoms with Crippen molar-refractivity contribution >= 4 is 5.78 Å². The second-order valence-corrected chi connectivity index (χ2v) is 11.3. The topological polar surface area (TPSA) is 70.0 Å². The molecule has 35 heavy (non-hydrogen) atoms. The average Bonchev–Trinajstić information content (AvgIpc) is 3.21. The van der Waals surface area contributed by atoms with Crippen molar-refractivity contribution in [1.29, 1.82) is 0 Å². The molecule has 3 aliphatic carbocycles. The minimum absolute atomic E-state index is 0.208. The molecule has 6 rings (SSSR count). The average molecular weight is 476 g/mol. The molecule has 1 saturated carbocycles. The van der Waals surface area contributed by atoms with Crippen molar-refractivity contribution in [3.8, 4) is 0 Å². The standard InChI is InChI=1S/C30H37NO4/c1-4-7-18-9-6-10-19(8-5-2)24(18)26(33)30(34)14-13-20-17-22-21-11-12-23(32)27-29(21,15-16-31(22)3)25(20)28(30)35-27/h6,9-13,21-23,27,32,34H,4-5,7-8,14-17H2,1-3H3/t21-,22+,23-,27-,29-,30?/m0/s1. The van der Waals surface area contributed by atoms with Crippen LogP contribution in [0.15, 0.2) is 53.3 Å². The molecule has 1 aromatic carbocycles. The van der Waals surface area contributed by atoms with Gasteiger partial charge in [-0.15, -0.1) is 0 Å². The number of aliphatic hydroxyl groups is 2. The van der Waals surface area contributed by atoms with Crippen LogP contribution in [0.3, 0.4) is 0 Å². The molecule has 1 saturated heterocycles. The number of rotatable bonds is 6. The minimum atomic E-state index is -1.74. The normalized spacial score (nSPS) is 37.1. The molecule has 5 aliphatic rings. The van der Waals surface area contributed by atoms with Crippen LogP contribution >= 0.6 is 0 Å². The fourth-order valence-corrected chi connectivity index (χ4v) is 7.80. The molecule has 6 atom stereocenters. The molecular formula is C30H37NO4. The van der Waals surface area contributed by atoms with E-state index in [4.69, 9.17) is 4.74 Å². The van der Waals surface area contributed by atoms with Crippen LogP contribution in [0, 0.1) is 11.3 Å².